The molecule has 0 aliphatic rings. The standard InChI is InChI=1S/C13H19NO2/c1-4-13(14(3)10(2)16)12-7-5-11(9-15)6-8-12/h5-8,13,15H,4,9H2,1-3H3. The quantitative estimate of drug-likeness (QED) is 0.846. The summed E-state index contributed by atoms with van der Waals surface area (Å²) in [7, 11) is 1.82. The molecule has 1 aromatic carbocycles. The molecule has 0 aliphatic heterocycles. The number of aliphatic hydroxyl groups excluding tert-OH is 1. The van der Waals surface area contributed by atoms with E-state index < -0.39 is 0 Å². The first-order chi connectivity index (χ1) is 7.60. The highest BCUT2D eigenvalue weighted by atomic mass is 16.3. The van der Waals surface area contributed by atoms with Gasteiger partial charge in [0.1, 0.15) is 0 Å². The molecular weight excluding hydrogens is 202 g/mol. The van der Waals surface area contributed by atoms with E-state index in [4.69, 9.17) is 5.11 Å². The third kappa shape index (κ3) is 2.83. The van der Waals surface area contributed by atoms with Crippen molar-refractivity contribution < 1.29 is 9.90 Å². The Morgan fingerprint density at radius 2 is 1.94 bits per heavy atom. The van der Waals surface area contributed by atoms with E-state index in [1.54, 1.807) is 11.8 Å². The predicted octanol–water partition coefficient (Wildman–Crippen LogP) is 2.11. The van der Waals surface area contributed by atoms with Gasteiger partial charge in [0.05, 0.1) is 12.6 Å². The van der Waals surface area contributed by atoms with Crippen molar-refractivity contribution in [3.05, 3.63) is 35.4 Å². The van der Waals surface area contributed by atoms with E-state index in [9.17, 15) is 4.79 Å². The van der Waals surface area contributed by atoms with Gasteiger partial charge in [0.2, 0.25) is 5.91 Å². The molecule has 1 unspecified atom stereocenters. The first kappa shape index (κ1) is 12.7. The summed E-state index contributed by atoms with van der Waals surface area (Å²) in [5.41, 5.74) is 2.00. The molecule has 1 rings (SSSR count). The van der Waals surface area contributed by atoms with Gasteiger partial charge in [-0.25, -0.2) is 0 Å². The normalized spacial score (nSPS) is 12.2. The van der Waals surface area contributed by atoms with Crippen LogP contribution < -0.4 is 0 Å². The van der Waals surface area contributed by atoms with Crippen LogP contribution in [-0.4, -0.2) is 23.0 Å². The fourth-order valence-electron chi connectivity index (χ4n) is 1.80. The Morgan fingerprint density at radius 1 is 1.38 bits per heavy atom. The number of benzene rings is 1. The van der Waals surface area contributed by atoms with Crippen LogP contribution in [0.4, 0.5) is 0 Å². The topological polar surface area (TPSA) is 40.5 Å². The number of nitrogens with zero attached hydrogens (tertiary/aromatic N) is 1. The second-order valence-corrected chi connectivity index (χ2v) is 3.95. The van der Waals surface area contributed by atoms with Gasteiger partial charge in [-0.15, -0.1) is 0 Å². The first-order valence-electron chi connectivity index (χ1n) is 5.53. The summed E-state index contributed by atoms with van der Waals surface area (Å²) in [6.45, 7) is 3.69. The molecule has 0 saturated carbocycles. The molecule has 1 amide bonds. The Hall–Kier alpha value is -1.35. The van der Waals surface area contributed by atoms with Crippen molar-refractivity contribution in [3.8, 4) is 0 Å². The van der Waals surface area contributed by atoms with Crippen LogP contribution in [-0.2, 0) is 11.4 Å². The lowest BCUT2D eigenvalue weighted by molar-refractivity contribution is -0.129. The number of amides is 1. The maximum atomic E-state index is 11.3. The van der Waals surface area contributed by atoms with Gasteiger partial charge in [-0.1, -0.05) is 31.2 Å². The Kier molecular flexibility index (Phi) is 4.50. The van der Waals surface area contributed by atoms with Crippen LogP contribution in [0.1, 0.15) is 37.4 Å². The van der Waals surface area contributed by atoms with Crippen LogP contribution in [0.15, 0.2) is 24.3 Å². The summed E-state index contributed by atoms with van der Waals surface area (Å²) in [5.74, 6) is 0.0677. The molecule has 0 bridgehead atoms. The number of rotatable bonds is 4. The van der Waals surface area contributed by atoms with Crippen molar-refractivity contribution in [3.63, 3.8) is 0 Å². The van der Waals surface area contributed by atoms with E-state index in [1.165, 1.54) is 0 Å². The SMILES string of the molecule is CCC(c1ccc(CO)cc1)N(C)C(C)=O. The van der Waals surface area contributed by atoms with Crippen molar-refractivity contribution in [1.29, 1.82) is 0 Å². The Balaban J connectivity index is 2.90. The average Bonchev–Trinajstić information content (AvgIpc) is 2.30. The van der Waals surface area contributed by atoms with Gasteiger partial charge in [0.15, 0.2) is 0 Å². The molecule has 88 valence electrons. The smallest absolute Gasteiger partial charge is 0.219 e. The first-order valence-corrected chi connectivity index (χ1v) is 5.53. The largest absolute Gasteiger partial charge is 0.392 e. The Labute approximate surface area is 96.7 Å². The molecule has 0 saturated heterocycles. The lowest BCUT2D eigenvalue weighted by Gasteiger charge is -2.26. The van der Waals surface area contributed by atoms with E-state index in [-0.39, 0.29) is 18.6 Å². The summed E-state index contributed by atoms with van der Waals surface area (Å²) in [4.78, 5) is 13.1. The zero-order chi connectivity index (χ0) is 12.1. The van der Waals surface area contributed by atoms with Gasteiger partial charge >= 0.3 is 0 Å². The number of aliphatic hydroxyl groups is 1. The number of hydrogen-bond donors (Lipinski definition) is 1. The van der Waals surface area contributed by atoms with E-state index in [0.717, 1.165) is 17.5 Å². The summed E-state index contributed by atoms with van der Waals surface area (Å²) < 4.78 is 0. The van der Waals surface area contributed by atoms with Crippen molar-refractivity contribution >= 4 is 5.91 Å². The number of hydrogen-bond acceptors (Lipinski definition) is 2. The molecule has 0 radical (unpaired) electrons. The van der Waals surface area contributed by atoms with Gasteiger partial charge in [-0.2, -0.15) is 0 Å². The average molecular weight is 221 g/mol. The molecular formula is C13H19NO2. The van der Waals surface area contributed by atoms with Crippen LogP contribution in [0, 0.1) is 0 Å². The van der Waals surface area contributed by atoms with E-state index in [0.29, 0.717) is 0 Å². The number of carbonyl (C=O) groups is 1. The molecule has 0 aliphatic carbocycles. The maximum Gasteiger partial charge on any atom is 0.219 e. The zero-order valence-corrected chi connectivity index (χ0v) is 10.1. The second-order valence-electron chi connectivity index (χ2n) is 3.95. The monoisotopic (exact) mass is 221 g/mol. The van der Waals surface area contributed by atoms with Gasteiger partial charge in [0.25, 0.3) is 0 Å². The highest BCUT2D eigenvalue weighted by Crippen LogP contribution is 2.23. The summed E-state index contributed by atoms with van der Waals surface area (Å²) in [6.07, 6.45) is 0.883. The fourth-order valence-corrected chi connectivity index (χ4v) is 1.80. The third-order valence-electron chi connectivity index (χ3n) is 2.90. The molecule has 3 heteroatoms. The minimum Gasteiger partial charge on any atom is -0.392 e. The molecule has 0 spiro atoms. The van der Waals surface area contributed by atoms with E-state index in [2.05, 4.69) is 6.92 Å². The minimum absolute atomic E-state index is 0.0552. The van der Waals surface area contributed by atoms with Gasteiger partial charge in [-0.3, -0.25) is 4.79 Å². The highest BCUT2D eigenvalue weighted by molar-refractivity contribution is 5.73. The third-order valence-corrected chi connectivity index (χ3v) is 2.90. The molecule has 0 fully saturated rings. The van der Waals surface area contributed by atoms with Gasteiger partial charge in [0, 0.05) is 14.0 Å². The number of carbonyl (C=O) groups excluding carboxylic acids is 1. The summed E-state index contributed by atoms with van der Waals surface area (Å²) in [6, 6.07) is 7.85. The van der Waals surface area contributed by atoms with Crippen LogP contribution >= 0.6 is 0 Å². The lowest BCUT2D eigenvalue weighted by Crippen LogP contribution is -2.28. The van der Waals surface area contributed by atoms with E-state index in [1.807, 2.05) is 31.3 Å². The van der Waals surface area contributed by atoms with Crippen LogP contribution in [0.5, 0.6) is 0 Å². The van der Waals surface area contributed by atoms with Crippen molar-refractivity contribution in [2.45, 2.75) is 32.9 Å². The van der Waals surface area contributed by atoms with Gasteiger partial charge in [-0.05, 0) is 17.5 Å². The molecule has 1 aromatic rings. The predicted molar refractivity (Wildman–Crippen MR) is 63.8 cm³/mol. The summed E-state index contributed by atoms with van der Waals surface area (Å²) in [5, 5.41) is 8.96. The molecule has 0 aromatic heterocycles. The Morgan fingerprint density at radius 3 is 2.31 bits per heavy atom. The fraction of sp³-hybridized carbons (Fsp3) is 0.462. The molecule has 1 atom stereocenters. The molecule has 0 heterocycles. The van der Waals surface area contributed by atoms with Crippen molar-refractivity contribution in [1.82, 2.24) is 4.90 Å². The minimum atomic E-state index is 0.0552. The molecule has 1 N–H and O–H groups in total. The maximum absolute atomic E-state index is 11.3. The van der Waals surface area contributed by atoms with Crippen LogP contribution in [0.3, 0.4) is 0 Å². The van der Waals surface area contributed by atoms with Crippen LogP contribution in [0.2, 0.25) is 0 Å². The highest BCUT2D eigenvalue weighted by Gasteiger charge is 2.16. The summed E-state index contributed by atoms with van der Waals surface area (Å²) >= 11 is 0. The van der Waals surface area contributed by atoms with Crippen molar-refractivity contribution in [2.75, 3.05) is 7.05 Å². The molecule has 3 nitrogen and oxygen atoms in total. The Bertz CT molecular complexity index is 345. The molecule has 16 heavy (non-hydrogen) atoms. The van der Waals surface area contributed by atoms with E-state index >= 15 is 0 Å². The second kappa shape index (κ2) is 5.66. The zero-order valence-electron chi connectivity index (χ0n) is 10.1. The van der Waals surface area contributed by atoms with Gasteiger partial charge < -0.3 is 10.0 Å². The van der Waals surface area contributed by atoms with Crippen molar-refractivity contribution in [2.24, 2.45) is 0 Å². The lowest BCUT2D eigenvalue weighted by atomic mass is 10.0. The van der Waals surface area contributed by atoms with Crippen LogP contribution in [0.25, 0.3) is 0 Å².